The molecule has 0 bridgehead atoms. The summed E-state index contributed by atoms with van der Waals surface area (Å²) in [5, 5.41) is 4.31. The molecule has 0 radical (unpaired) electrons. The van der Waals surface area contributed by atoms with E-state index in [0.717, 1.165) is 19.5 Å². The van der Waals surface area contributed by atoms with Crippen molar-refractivity contribution in [3.05, 3.63) is 48.5 Å². The van der Waals surface area contributed by atoms with Crippen LogP contribution in [0.1, 0.15) is 18.5 Å². The molecular weight excluding hydrogens is 236 g/mol. The molecule has 1 aliphatic heterocycles. The number of rotatable bonds is 5. The number of nitrogens with zero attached hydrogens (tertiary/aromatic N) is 4. The van der Waals surface area contributed by atoms with Crippen molar-refractivity contribution in [2.75, 3.05) is 13.1 Å². The van der Waals surface area contributed by atoms with Gasteiger partial charge >= 0.3 is 0 Å². The summed E-state index contributed by atoms with van der Waals surface area (Å²) in [6, 6.07) is 8.77. The van der Waals surface area contributed by atoms with Crippen LogP contribution < -0.4 is 0 Å². The standard InChI is InChI=1S/C15H20N4/c1-2-8-16-14(5-1)7-12-18-10-3-6-15(18)13-19-11-4-9-17-19/h1-2,4-5,8-9,11,15H,3,6-7,10,12-13H2/t15-/m0/s1. The van der Waals surface area contributed by atoms with Gasteiger partial charge < -0.3 is 0 Å². The molecule has 100 valence electrons. The molecule has 0 spiro atoms. The van der Waals surface area contributed by atoms with Crippen LogP contribution in [0.15, 0.2) is 42.9 Å². The maximum Gasteiger partial charge on any atom is 0.0564 e. The first-order valence-electron chi connectivity index (χ1n) is 7.03. The van der Waals surface area contributed by atoms with Gasteiger partial charge in [0.1, 0.15) is 0 Å². The van der Waals surface area contributed by atoms with Crippen molar-refractivity contribution >= 4 is 0 Å². The summed E-state index contributed by atoms with van der Waals surface area (Å²) in [4.78, 5) is 6.98. The van der Waals surface area contributed by atoms with Crippen molar-refractivity contribution in [2.24, 2.45) is 0 Å². The molecule has 4 nitrogen and oxygen atoms in total. The number of aromatic nitrogens is 3. The summed E-state index contributed by atoms with van der Waals surface area (Å²) in [6.45, 7) is 3.32. The molecule has 1 aliphatic rings. The molecule has 0 N–H and O–H groups in total. The third-order valence-electron chi connectivity index (χ3n) is 3.84. The van der Waals surface area contributed by atoms with E-state index >= 15 is 0 Å². The summed E-state index contributed by atoms with van der Waals surface area (Å²) in [7, 11) is 0. The lowest BCUT2D eigenvalue weighted by molar-refractivity contribution is 0.229. The van der Waals surface area contributed by atoms with E-state index in [-0.39, 0.29) is 0 Å². The second-order valence-corrected chi connectivity index (χ2v) is 5.13. The Morgan fingerprint density at radius 1 is 1.21 bits per heavy atom. The highest BCUT2D eigenvalue weighted by atomic mass is 15.3. The van der Waals surface area contributed by atoms with E-state index in [2.05, 4.69) is 33.3 Å². The fourth-order valence-electron chi connectivity index (χ4n) is 2.82. The van der Waals surface area contributed by atoms with Gasteiger partial charge in [0, 0.05) is 43.3 Å². The fraction of sp³-hybridized carbons (Fsp3) is 0.467. The Hall–Kier alpha value is -1.68. The van der Waals surface area contributed by atoms with E-state index in [4.69, 9.17) is 0 Å². The van der Waals surface area contributed by atoms with Crippen LogP contribution in [0.2, 0.25) is 0 Å². The zero-order chi connectivity index (χ0) is 12.9. The summed E-state index contributed by atoms with van der Waals surface area (Å²) in [5.41, 5.74) is 1.19. The lowest BCUT2D eigenvalue weighted by Crippen LogP contribution is -2.34. The van der Waals surface area contributed by atoms with Gasteiger partial charge in [-0.3, -0.25) is 14.6 Å². The maximum atomic E-state index is 4.40. The topological polar surface area (TPSA) is 34.0 Å². The lowest BCUT2D eigenvalue weighted by atomic mass is 10.2. The Kier molecular flexibility index (Phi) is 3.89. The average molecular weight is 256 g/mol. The zero-order valence-electron chi connectivity index (χ0n) is 11.2. The Balaban J connectivity index is 1.55. The molecule has 1 saturated heterocycles. The van der Waals surface area contributed by atoms with E-state index in [0.29, 0.717) is 6.04 Å². The highest BCUT2D eigenvalue weighted by Gasteiger charge is 2.24. The Morgan fingerprint density at radius 3 is 3.00 bits per heavy atom. The van der Waals surface area contributed by atoms with Gasteiger partial charge in [0.15, 0.2) is 0 Å². The first kappa shape index (κ1) is 12.4. The van der Waals surface area contributed by atoms with Crippen LogP contribution in [-0.4, -0.2) is 38.8 Å². The monoisotopic (exact) mass is 256 g/mol. The fourth-order valence-corrected chi connectivity index (χ4v) is 2.82. The molecule has 2 aromatic heterocycles. The first-order chi connectivity index (χ1) is 9.42. The van der Waals surface area contributed by atoms with Crippen LogP contribution in [0, 0.1) is 0 Å². The van der Waals surface area contributed by atoms with E-state index in [9.17, 15) is 0 Å². The van der Waals surface area contributed by atoms with Gasteiger partial charge in [0.25, 0.3) is 0 Å². The van der Waals surface area contributed by atoms with Gasteiger partial charge in [-0.25, -0.2) is 0 Å². The number of likely N-dealkylation sites (tertiary alicyclic amines) is 1. The molecule has 0 aliphatic carbocycles. The van der Waals surface area contributed by atoms with Gasteiger partial charge in [-0.1, -0.05) is 6.07 Å². The Bertz CT molecular complexity index is 480. The smallest absolute Gasteiger partial charge is 0.0564 e. The average Bonchev–Trinajstić information content (AvgIpc) is 3.10. The molecule has 3 heterocycles. The van der Waals surface area contributed by atoms with Crippen LogP contribution in [0.4, 0.5) is 0 Å². The summed E-state index contributed by atoms with van der Waals surface area (Å²) in [5.74, 6) is 0. The number of pyridine rings is 1. The molecule has 4 heteroatoms. The Morgan fingerprint density at radius 2 is 2.21 bits per heavy atom. The Labute approximate surface area is 114 Å². The van der Waals surface area contributed by atoms with Crippen LogP contribution >= 0.6 is 0 Å². The van der Waals surface area contributed by atoms with Crippen LogP contribution in [-0.2, 0) is 13.0 Å². The molecule has 2 aromatic rings. The summed E-state index contributed by atoms with van der Waals surface area (Å²) in [6.07, 6.45) is 9.40. The van der Waals surface area contributed by atoms with Crippen LogP contribution in [0.3, 0.4) is 0 Å². The molecule has 0 saturated carbocycles. The highest BCUT2D eigenvalue weighted by molar-refractivity contribution is 5.04. The summed E-state index contributed by atoms with van der Waals surface area (Å²) < 4.78 is 2.05. The van der Waals surface area contributed by atoms with Gasteiger partial charge in [-0.2, -0.15) is 5.10 Å². The predicted octanol–water partition coefficient (Wildman–Crippen LogP) is 1.99. The number of hydrogen-bond donors (Lipinski definition) is 0. The van der Waals surface area contributed by atoms with E-state index in [1.165, 1.54) is 25.1 Å². The molecule has 0 unspecified atom stereocenters. The zero-order valence-corrected chi connectivity index (χ0v) is 11.2. The van der Waals surface area contributed by atoms with Gasteiger partial charge in [-0.15, -0.1) is 0 Å². The minimum Gasteiger partial charge on any atom is -0.298 e. The van der Waals surface area contributed by atoms with Crippen LogP contribution in [0.25, 0.3) is 0 Å². The molecule has 1 atom stereocenters. The lowest BCUT2D eigenvalue weighted by Gasteiger charge is -2.24. The van der Waals surface area contributed by atoms with Crippen molar-refractivity contribution < 1.29 is 0 Å². The molecule has 3 rings (SSSR count). The third kappa shape index (κ3) is 3.20. The highest BCUT2D eigenvalue weighted by Crippen LogP contribution is 2.18. The van der Waals surface area contributed by atoms with Crippen molar-refractivity contribution in [3.63, 3.8) is 0 Å². The van der Waals surface area contributed by atoms with Crippen molar-refractivity contribution in [1.29, 1.82) is 0 Å². The SMILES string of the molecule is c1ccc(CCN2CCC[C@H]2Cn2cccn2)nc1. The van der Waals surface area contributed by atoms with E-state index < -0.39 is 0 Å². The van der Waals surface area contributed by atoms with Crippen LogP contribution in [0.5, 0.6) is 0 Å². The van der Waals surface area contributed by atoms with Gasteiger partial charge in [0.2, 0.25) is 0 Å². The van der Waals surface area contributed by atoms with Crippen molar-refractivity contribution in [2.45, 2.75) is 31.8 Å². The largest absolute Gasteiger partial charge is 0.298 e. The molecular formula is C15H20N4. The molecule has 1 fully saturated rings. The third-order valence-corrected chi connectivity index (χ3v) is 3.84. The number of hydrogen-bond acceptors (Lipinski definition) is 3. The minimum atomic E-state index is 0.628. The maximum absolute atomic E-state index is 4.40. The van der Waals surface area contributed by atoms with E-state index in [1.807, 2.05) is 29.2 Å². The molecule has 0 aromatic carbocycles. The quantitative estimate of drug-likeness (QED) is 0.820. The van der Waals surface area contributed by atoms with Gasteiger partial charge in [0.05, 0.1) is 6.54 Å². The van der Waals surface area contributed by atoms with E-state index in [1.54, 1.807) is 0 Å². The second-order valence-electron chi connectivity index (χ2n) is 5.13. The normalized spacial score (nSPS) is 19.9. The molecule has 0 amide bonds. The van der Waals surface area contributed by atoms with Gasteiger partial charge in [-0.05, 0) is 37.6 Å². The van der Waals surface area contributed by atoms with Crippen molar-refractivity contribution in [3.8, 4) is 0 Å². The summed E-state index contributed by atoms with van der Waals surface area (Å²) >= 11 is 0. The predicted molar refractivity (Wildman–Crippen MR) is 74.8 cm³/mol. The first-order valence-corrected chi connectivity index (χ1v) is 7.03. The van der Waals surface area contributed by atoms with Crippen molar-refractivity contribution in [1.82, 2.24) is 19.7 Å². The molecule has 19 heavy (non-hydrogen) atoms. The second kappa shape index (κ2) is 5.97. The minimum absolute atomic E-state index is 0.628.